The summed E-state index contributed by atoms with van der Waals surface area (Å²) in [4.78, 5) is 14.9. The van der Waals surface area contributed by atoms with E-state index in [1.54, 1.807) is 6.92 Å². The quantitative estimate of drug-likeness (QED) is 0.627. The van der Waals surface area contributed by atoms with Gasteiger partial charge in [0.2, 0.25) is 13.4 Å². The van der Waals surface area contributed by atoms with Crippen LogP contribution in [0, 0.1) is 0 Å². The van der Waals surface area contributed by atoms with Crippen LogP contribution in [0.15, 0.2) is 23.4 Å². The number of ether oxygens (including phenoxy) is 2. The van der Waals surface area contributed by atoms with Crippen LogP contribution in [0.25, 0.3) is 0 Å². The maximum Gasteiger partial charge on any atom is 0.344 e. The normalized spacial score (nSPS) is 13.4. The molecule has 0 fully saturated rings. The summed E-state index contributed by atoms with van der Waals surface area (Å²) in [6, 6.07) is 5.79. The van der Waals surface area contributed by atoms with Crippen LogP contribution in [0.5, 0.6) is 11.5 Å². The minimum atomic E-state index is -1.03. The SMILES string of the molecule is CC(CCc1ccc2c(c1)OCO2)=NOCC(=O)O. The maximum absolute atomic E-state index is 10.2. The molecule has 0 atom stereocenters. The summed E-state index contributed by atoms with van der Waals surface area (Å²) in [6.45, 7) is 1.65. The smallest absolute Gasteiger partial charge is 0.344 e. The highest BCUT2D eigenvalue weighted by atomic mass is 16.7. The van der Waals surface area contributed by atoms with Crippen molar-refractivity contribution in [3.63, 3.8) is 0 Å². The van der Waals surface area contributed by atoms with Gasteiger partial charge in [0.25, 0.3) is 0 Å². The lowest BCUT2D eigenvalue weighted by atomic mass is 10.1. The van der Waals surface area contributed by atoms with Gasteiger partial charge in [-0.2, -0.15) is 0 Å². The van der Waals surface area contributed by atoms with Crippen LogP contribution in [0.4, 0.5) is 0 Å². The first-order valence-electron chi connectivity index (χ1n) is 5.91. The fraction of sp³-hybridized carbons (Fsp3) is 0.385. The van der Waals surface area contributed by atoms with Crippen LogP contribution in [-0.2, 0) is 16.1 Å². The van der Waals surface area contributed by atoms with Crippen molar-refractivity contribution in [3.8, 4) is 11.5 Å². The number of aryl methyl sites for hydroxylation is 1. The molecule has 1 aliphatic rings. The highest BCUT2D eigenvalue weighted by Gasteiger charge is 2.13. The first-order valence-corrected chi connectivity index (χ1v) is 5.91. The van der Waals surface area contributed by atoms with Gasteiger partial charge in [0.1, 0.15) is 0 Å². The molecule has 6 nitrogen and oxygen atoms in total. The van der Waals surface area contributed by atoms with Crippen molar-refractivity contribution in [1.82, 2.24) is 0 Å². The summed E-state index contributed by atoms with van der Waals surface area (Å²) < 4.78 is 10.5. The van der Waals surface area contributed by atoms with E-state index in [1.165, 1.54) is 0 Å². The average Bonchev–Trinajstić information content (AvgIpc) is 2.83. The van der Waals surface area contributed by atoms with Crippen LogP contribution >= 0.6 is 0 Å². The summed E-state index contributed by atoms with van der Waals surface area (Å²) in [6.07, 6.45) is 1.47. The summed E-state index contributed by atoms with van der Waals surface area (Å²) in [5.41, 5.74) is 1.86. The third-order valence-electron chi connectivity index (χ3n) is 2.62. The molecule has 1 aliphatic heterocycles. The Morgan fingerprint density at radius 1 is 1.42 bits per heavy atom. The number of rotatable bonds is 6. The van der Waals surface area contributed by atoms with E-state index >= 15 is 0 Å². The minimum absolute atomic E-state index is 0.266. The fourth-order valence-electron chi connectivity index (χ4n) is 1.67. The summed E-state index contributed by atoms with van der Waals surface area (Å²) in [7, 11) is 0. The van der Waals surface area contributed by atoms with E-state index in [1.807, 2.05) is 18.2 Å². The highest BCUT2D eigenvalue weighted by molar-refractivity contribution is 5.81. The van der Waals surface area contributed by atoms with Gasteiger partial charge in [-0.1, -0.05) is 11.2 Å². The Bertz CT molecular complexity index is 498. The van der Waals surface area contributed by atoms with Gasteiger partial charge < -0.3 is 19.4 Å². The molecule has 19 heavy (non-hydrogen) atoms. The van der Waals surface area contributed by atoms with Gasteiger partial charge in [-0.05, 0) is 37.5 Å². The number of fused-ring (bicyclic) bond motifs is 1. The number of hydrogen-bond donors (Lipinski definition) is 1. The molecule has 0 saturated carbocycles. The van der Waals surface area contributed by atoms with Crippen LogP contribution in [-0.4, -0.2) is 30.2 Å². The molecular formula is C13H15NO5. The number of aliphatic carboxylic acids is 1. The van der Waals surface area contributed by atoms with Gasteiger partial charge in [0.15, 0.2) is 11.5 Å². The summed E-state index contributed by atoms with van der Waals surface area (Å²) >= 11 is 0. The number of carbonyl (C=O) groups is 1. The number of nitrogens with zero attached hydrogens (tertiary/aromatic N) is 1. The zero-order valence-corrected chi connectivity index (χ0v) is 10.6. The molecule has 0 bridgehead atoms. The van der Waals surface area contributed by atoms with Crippen molar-refractivity contribution in [2.75, 3.05) is 13.4 Å². The highest BCUT2D eigenvalue weighted by Crippen LogP contribution is 2.32. The van der Waals surface area contributed by atoms with Gasteiger partial charge in [-0.25, -0.2) is 4.79 Å². The molecule has 1 heterocycles. The Morgan fingerprint density at radius 3 is 3.00 bits per heavy atom. The molecule has 0 aromatic heterocycles. The van der Waals surface area contributed by atoms with Gasteiger partial charge in [0.05, 0.1) is 5.71 Å². The largest absolute Gasteiger partial charge is 0.479 e. The van der Waals surface area contributed by atoms with Crippen molar-refractivity contribution in [2.45, 2.75) is 19.8 Å². The van der Waals surface area contributed by atoms with Gasteiger partial charge in [-0.15, -0.1) is 0 Å². The molecule has 0 unspecified atom stereocenters. The maximum atomic E-state index is 10.2. The third-order valence-corrected chi connectivity index (χ3v) is 2.62. The average molecular weight is 265 g/mol. The van der Waals surface area contributed by atoms with Crippen molar-refractivity contribution < 1.29 is 24.2 Å². The van der Waals surface area contributed by atoms with Crippen LogP contribution in [0.2, 0.25) is 0 Å². The van der Waals surface area contributed by atoms with E-state index in [-0.39, 0.29) is 6.79 Å². The van der Waals surface area contributed by atoms with Crippen LogP contribution < -0.4 is 9.47 Å². The molecule has 1 N–H and O–H groups in total. The van der Waals surface area contributed by atoms with Gasteiger partial charge in [-0.3, -0.25) is 0 Å². The van der Waals surface area contributed by atoms with E-state index in [4.69, 9.17) is 14.6 Å². The topological polar surface area (TPSA) is 77.3 Å². The van der Waals surface area contributed by atoms with Crippen molar-refractivity contribution in [3.05, 3.63) is 23.8 Å². The molecule has 6 heteroatoms. The van der Waals surface area contributed by atoms with E-state index < -0.39 is 12.6 Å². The molecular weight excluding hydrogens is 250 g/mol. The zero-order chi connectivity index (χ0) is 13.7. The minimum Gasteiger partial charge on any atom is -0.479 e. The predicted molar refractivity (Wildman–Crippen MR) is 67.6 cm³/mol. The number of carboxylic acid groups (broad SMARTS) is 1. The van der Waals surface area contributed by atoms with Crippen molar-refractivity contribution in [2.24, 2.45) is 5.16 Å². The van der Waals surface area contributed by atoms with Gasteiger partial charge in [0, 0.05) is 0 Å². The second-order valence-corrected chi connectivity index (χ2v) is 4.18. The number of hydrogen-bond acceptors (Lipinski definition) is 5. The lowest BCUT2D eigenvalue weighted by molar-refractivity contribution is -0.142. The first kappa shape index (κ1) is 13.2. The molecule has 1 aromatic carbocycles. The lowest BCUT2D eigenvalue weighted by Gasteiger charge is -2.03. The number of benzene rings is 1. The first-order chi connectivity index (χ1) is 9.15. The number of oxime groups is 1. The molecule has 0 radical (unpaired) electrons. The third kappa shape index (κ3) is 3.87. The van der Waals surface area contributed by atoms with E-state index in [9.17, 15) is 4.79 Å². The van der Waals surface area contributed by atoms with E-state index in [0.29, 0.717) is 6.42 Å². The Balaban J connectivity index is 1.83. The Kier molecular flexibility index (Phi) is 4.22. The molecule has 0 aliphatic carbocycles. The Hall–Kier alpha value is -2.24. The zero-order valence-electron chi connectivity index (χ0n) is 10.6. The molecule has 0 saturated heterocycles. The van der Waals surface area contributed by atoms with Crippen molar-refractivity contribution in [1.29, 1.82) is 0 Å². The summed E-state index contributed by atoms with van der Waals surface area (Å²) in [5.74, 6) is 0.487. The van der Waals surface area contributed by atoms with Crippen LogP contribution in [0.1, 0.15) is 18.9 Å². The number of carboxylic acids is 1. The standard InChI is InChI=1S/C13H15NO5/c1-9(14-19-7-13(15)16)2-3-10-4-5-11-12(6-10)18-8-17-11/h4-6H,2-3,7-8H2,1H3,(H,15,16). The second-order valence-electron chi connectivity index (χ2n) is 4.18. The van der Waals surface area contributed by atoms with Crippen LogP contribution in [0.3, 0.4) is 0 Å². The molecule has 102 valence electrons. The monoisotopic (exact) mass is 265 g/mol. The lowest BCUT2D eigenvalue weighted by Crippen LogP contribution is -2.05. The fourth-order valence-corrected chi connectivity index (χ4v) is 1.67. The van der Waals surface area contributed by atoms with E-state index in [0.717, 1.165) is 29.2 Å². The predicted octanol–water partition coefficient (Wildman–Crippen LogP) is 1.82. The Morgan fingerprint density at radius 2 is 2.21 bits per heavy atom. The molecule has 0 amide bonds. The Labute approximate surface area is 110 Å². The van der Waals surface area contributed by atoms with E-state index in [2.05, 4.69) is 9.99 Å². The molecule has 1 aromatic rings. The molecule has 2 rings (SSSR count). The van der Waals surface area contributed by atoms with Crippen molar-refractivity contribution >= 4 is 11.7 Å². The molecule has 0 spiro atoms. The summed E-state index contributed by atoms with van der Waals surface area (Å²) in [5, 5.41) is 12.1. The second kappa shape index (κ2) is 6.08. The van der Waals surface area contributed by atoms with Gasteiger partial charge >= 0.3 is 5.97 Å².